The molecule has 0 unspecified atom stereocenters. The molecule has 1 aliphatic rings. The normalized spacial score (nSPS) is 14.3. The lowest BCUT2D eigenvalue weighted by Gasteiger charge is -2.26. The van der Waals surface area contributed by atoms with Crippen LogP contribution >= 0.6 is 0 Å². The molecule has 0 atom stereocenters. The first-order valence-corrected chi connectivity index (χ1v) is 11.7. The van der Waals surface area contributed by atoms with Crippen molar-refractivity contribution in [3.8, 4) is 17.6 Å². The smallest absolute Gasteiger partial charge is 0.311 e. The van der Waals surface area contributed by atoms with Crippen molar-refractivity contribution in [2.45, 2.75) is 39.0 Å². The second-order valence-electron chi connectivity index (χ2n) is 9.41. The van der Waals surface area contributed by atoms with Crippen LogP contribution in [0.25, 0.3) is 6.08 Å². The average molecular weight is 477 g/mol. The molecule has 0 saturated carbocycles. The average Bonchev–Trinajstić information content (AvgIpc) is 2.86. The summed E-state index contributed by atoms with van der Waals surface area (Å²) in [6, 6.07) is 15.2. The topological polar surface area (TPSA) is 88.9 Å². The molecular weight excluding hydrogens is 444 g/mol. The minimum atomic E-state index is -0.369. The van der Waals surface area contributed by atoms with E-state index in [-0.39, 0.29) is 35.0 Å². The Morgan fingerprint density at radius 3 is 2.37 bits per heavy atom. The van der Waals surface area contributed by atoms with Gasteiger partial charge in [-0.05, 0) is 46.7 Å². The highest BCUT2D eigenvalue weighted by atomic mass is 16.6. The molecule has 1 saturated heterocycles. The van der Waals surface area contributed by atoms with Crippen LogP contribution in [0, 0.1) is 11.3 Å². The van der Waals surface area contributed by atoms with Gasteiger partial charge in [0.05, 0.1) is 20.3 Å². The molecular formula is C28H32N2O5. The summed E-state index contributed by atoms with van der Waals surface area (Å²) in [6.45, 7) is 8.32. The van der Waals surface area contributed by atoms with Gasteiger partial charge in [0.2, 0.25) is 0 Å². The van der Waals surface area contributed by atoms with Gasteiger partial charge in [-0.15, -0.1) is 0 Å². The first kappa shape index (κ1) is 26.0. The van der Waals surface area contributed by atoms with E-state index in [1.165, 1.54) is 18.7 Å². The van der Waals surface area contributed by atoms with E-state index in [1.54, 1.807) is 23.1 Å². The minimum Gasteiger partial charge on any atom is -0.493 e. The summed E-state index contributed by atoms with van der Waals surface area (Å²) < 4.78 is 16.2. The van der Waals surface area contributed by atoms with Crippen molar-refractivity contribution in [2.24, 2.45) is 0 Å². The van der Waals surface area contributed by atoms with Crippen LogP contribution in [0.2, 0.25) is 0 Å². The number of benzene rings is 2. The van der Waals surface area contributed by atoms with E-state index in [0.717, 1.165) is 5.56 Å². The van der Waals surface area contributed by atoms with Crippen molar-refractivity contribution in [1.29, 1.82) is 5.26 Å². The van der Waals surface area contributed by atoms with Crippen molar-refractivity contribution in [2.75, 3.05) is 33.4 Å². The third kappa shape index (κ3) is 7.17. The molecule has 0 N–H and O–H groups in total. The van der Waals surface area contributed by atoms with Gasteiger partial charge < -0.3 is 19.1 Å². The second kappa shape index (κ2) is 11.7. The van der Waals surface area contributed by atoms with Crippen LogP contribution in [-0.2, 0) is 26.2 Å². The molecule has 1 fully saturated rings. The Hall–Kier alpha value is -3.63. The molecule has 0 aliphatic carbocycles. The molecule has 7 heteroatoms. The number of esters is 1. The Bertz CT molecular complexity index is 1120. The lowest BCUT2D eigenvalue weighted by molar-refractivity contribution is -0.134. The number of nitrogens with zero attached hydrogens (tertiary/aromatic N) is 2. The summed E-state index contributed by atoms with van der Waals surface area (Å²) >= 11 is 0. The zero-order valence-corrected chi connectivity index (χ0v) is 20.8. The van der Waals surface area contributed by atoms with Gasteiger partial charge in [0, 0.05) is 19.5 Å². The molecule has 0 aromatic heterocycles. The fraction of sp³-hybridized carbons (Fsp3) is 0.393. The van der Waals surface area contributed by atoms with Gasteiger partial charge in [0.1, 0.15) is 11.6 Å². The van der Waals surface area contributed by atoms with Crippen LogP contribution in [0.15, 0.2) is 48.0 Å². The molecule has 2 aromatic carbocycles. The van der Waals surface area contributed by atoms with Crippen LogP contribution in [0.4, 0.5) is 0 Å². The number of carbonyl (C=O) groups excluding carboxylic acids is 2. The summed E-state index contributed by atoms with van der Waals surface area (Å²) in [5.41, 5.74) is 3.01. The van der Waals surface area contributed by atoms with E-state index in [2.05, 4.69) is 32.9 Å². The predicted molar refractivity (Wildman–Crippen MR) is 133 cm³/mol. The number of carbonyl (C=O) groups is 2. The van der Waals surface area contributed by atoms with Crippen LogP contribution in [-0.4, -0.2) is 50.2 Å². The summed E-state index contributed by atoms with van der Waals surface area (Å²) in [4.78, 5) is 26.7. The maximum Gasteiger partial charge on any atom is 0.311 e. The standard InChI is InChI=1S/C28H32N2O5/c1-28(2,3)23-9-5-20(6-10-23)8-12-26(31)35-24-11-7-21(18-25(24)33-4)17-22(19-29)27(32)30-13-15-34-16-14-30/h5-7,9-11,17-18H,8,12-16H2,1-4H3/b22-17+. The van der Waals surface area contributed by atoms with Gasteiger partial charge in [0.25, 0.3) is 5.91 Å². The molecule has 3 rings (SSSR count). The van der Waals surface area contributed by atoms with Crippen molar-refractivity contribution in [3.63, 3.8) is 0 Å². The summed E-state index contributed by atoms with van der Waals surface area (Å²) in [7, 11) is 1.47. The van der Waals surface area contributed by atoms with Crippen molar-refractivity contribution >= 4 is 18.0 Å². The van der Waals surface area contributed by atoms with Crippen LogP contribution in [0.1, 0.15) is 43.9 Å². The van der Waals surface area contributed by atoms with Crippen molar-refractivity contribution in [3.05, 3.63) is 64.7 Å². The maximum atomic E-state index is 12.6. The van der Waals surface area contributed by atoms with Gasteiger partial charge in [-0.25, -0.2) is 0 Å². The second-order valence-corrected chi connectivity index (χ2v) is 9.41. The quantitative estimate of drug-likeness (QED) is 0.256. The monoisotopic (exact) mass is 476 g/mol. The molecule has 0 radical (unpaired) electrons. The van der Waals surface area contributed by atoms with E-state index < -0.39 is 0 Å². The highest BCUT2D eigenvalue weighted by Crippen LogP contribution is 2.30. The Labute approximate surface area is 206 Å². The predicted octanol–water partition coefficient (Wildman–Crippen LogP) is 4.30. The number of aryl methyl sites for hydroxylation is 1. The van der Waals surface area contributed by atoms with Crippen molar-refractivity contribution in [1.82, 2.24) is 4.90 Å². The van der Waals surface area contributed by atoms with E-state index in [0.29, 0.717) is 44.0 Å². The van der Waals surface area contributed by atoms with Crippen LogP contribution in [0.5, 0.6) is 11.5 Å². The molecule has 2 aromatic rings. The summed E-state index contributed by atoms with van der Waals surface area (Å²) in [5, 5.41) is 9.50. The van der Waals surface area contributed by atoms with Crippen LogP contribution < -0.4 is 9.47 Å². The number of morpholine rings is 1. The molecule has 1 aliphatic heterocycles. The van der Waals surface area contributed by atoms with E-state index in [4.69, 9.17) is 14.2 Å². The third-order valence-corrected chi connectivity index (χ3v) is 5.81. The number of methoxy groups -OCH3 is 1. The van der Waals surface area contributed by atoms with E-state index >= 15 is 0 Å². The largest absolute Gasteiger partial charge is 0.493 e. The molecule has 1 heterocycles. The van der Waals surface area contributed by atoms with Gasteiger partial charge in [0.15, 0.2) is 11.5 Å². The maximum absolute atomic E-state index is 12.6. The molecule has 0 spiro atoms. The van der Waals surface area contributed by atoms with E-state index in [1.807, 2.05) is 18.2 Å². The van der Waals surface area contributed by atoms with Crippen LogP contribution in [0.3, 0.4) is 0 Å². The number of hydrogen-bond donors (Lipinski definition) is 0. The Morgan fingerprint density at radius 2 is 1.77 bits per heavy atom. The first-order valence-electron chi connectivity index (χ1n) is 11.7. The fourth-order valence-corrected chi connectivity index (χ4v) is 3.70. The number of rotatable bonds is 7. The first-order chi connectivity index (χ1) is 16.7. The van der Waals surface area contributed by atoms with Gasteiger partial charge >= 0.3 is 5.97 Å². The third-order valence-electron chi connectivity index (χ3n) is 5.81. The summed E-state index contributed by atoms with van der Waals surface area (Å²) in [6.07, 6.45) is 2.31. The van der Waals surface area contributed by atoms with Gasteiger partial charge in [-0.2, -0.15) is 5.26 Å². The fourth-order valence-electron chi connectivity index (χ4n) is 3.70. The Balaban J connectivity index is 1.64. The summed E-state index contributed by atoms with van der Waals surface area (Å²) in [5.74, 6) is -0.0685. The molecule has 0 bridgehead atoms. The number of hydrogen-bond acceptors (Lipinski definition) is 6. The minimum absolute atomic E-state index is 0.0242. The van der Waals surface area contributed by atoms with Crippen molar-refractivity contribution < 1.29 is 23.8 Å². The zero-order valence-electron chi connectivity index (χ0n) is 20.8. The lowest BCUT2D eigenvalue weighted by Crippen LogP contribution is -2.41. The highest BCUT2D eigenvalue weighted by Gasteiger charge is 2.21. The van der Waals surface area contributed by atoms with E-state index in [9.17, 15) is 14.9 Å². The molecule has 1 amide bonds. The molecule has 7 nitrogen and oxygen atoms in total. The zero-order chi connectivity index (χ0) is 25.4. The number of nitriles is 1. The number of ether oxygens (including phenoxy) is 3. The highest BCUT2D eigenvalue weighted by molar-refractivity contribution is 6.01. The molecule has 35 heavy (non-hydrogen) atoms. The van der Waals surface area contributed by atoms with Gasteiger partial charge in [-0.3, -0.25) is 9.59 Å². The number of amides is 1. The Kier molecular flexibility index (Phi) is 8.67. The molecule has 184 valence electrons. The SMILES string of the molecule is COc1cc(/C=C(\C#N)C(=O)N2CCOCC2)ccc1OC(=O)CCc1ccc(C(C)(C)C)cc1. The Morgan fingerprint density at radius 1 is 1.09 bits per heavy atom. The lowest BCUT2D eigenvalue weighted by atomic mass is 9.86. The van der Waals surface area contributed by atoms with Gasteiger partial charge in [-0.1, -0.05) is 51.1 Å².